The van der Waals surface area contributed by atoms with Gasteiger partial charge in [-0.15, -0.1) is 11.3 Å². The van der Waals surface area contributed by atoms with Gasteiger partial charge in [-0.3, -0.25) is 4.79 Å². The van der Waals surface area contributed by atoms with E-state index in [-0.39, 0.29) is 34.1 Å². The Morgan fingerprint density at radius 2 is 1.88 bits per heavy atom. The van der Waals surface area contributed by atoms with E-state index in [0.717, 1.165) is 31.5 Å². The van der Waals surface area contributed by atoms with Crippen LogP contribution in [0.2, 0.25) is 0 Å². The average Bonchev–Trinajstić information content (AvgIpc) is 3.73. The zero-order chi connectivity index (χ0) is 36.4. The third-order valence-corrected chi connectivity index (χ3v) is 10.8. The smallest absolute Gasteiger partial charge is 0.419 e. The molecule has 2 aliphatic rings. The molecule has 266 valence electrons. The molecule has 4 aromatic rings. The van der Waals surface area contributed by atoms with Gasteiger partial charge in [0.05, 0.1) is 32.9 Å². The number of hydrogen-bond donors (Lipinski definition) is 1. The molecule has 2 N–H and O–H groups in total. The molecule has 0 aliphatic carbocycles. The minimum atomic E-state index is -5.46. The molecule has 2 aliphatic heterocycles. The van der Waals surface area contributed by atoms with Gasteiger partial charge in [-0.05, 0) is 57.5 Å². The molecule has 1 amide bonds. The number of aromatic nitrogens is 2. The maximum atomic E-state index is 15.5. The van der Waals surface area contributed by atoms with Crippen LogP contribution in [0.5, 0.6) is 6.01 Å². The molecule has 2 fully saturated rings. The highest BCUT2D eigenvalue weighted by atomic mass is 32.1. The molecule has 0 radical (unpaired) electrons. The molecular formula is C33H32F7N7O2S. The Kier molecular flexibility index (Phi) is 9.00. The Balaban J connectivity index is 1.70. The summed E-state index contributed by atoms with van der Waals surface area (Å²) in [5.74, 6) is -1.45. The molecule has 6 rings (SSSR count). The lowest BCUT2D eigenvalue weighted by molar-refractivity contribution is -0.141. The fraction of sp³-hybridized carbons (Fsp3) is 0.455. The molecule has 2 saturated heterocycles. The van der Waals surface area contributed by atoms with E-state index in [1.54, 1.807) is 17.9 Å². The van der Waals surface area contributed by atoms with Crippen LogP contribution in [0.4, 0.5) is 41.6 Å². The van der Waals surface area contributed by atoms with Gasteiger partial charge in [-0.25, -0.2) is 4.39 Å². The van der Waals surface area contributed by atoms with Gasteiger partial charge in [-0.1, -0.05) is 6.07 Å². The van der Waals surface area contributed by atoms with Crippen molar-refractivity contribution in [1.82, 2.24) is 19.8 Å². The third kappa shape index (κ3) is 6.02. The van der Waals surface area contributed by atoms with Crippen LogP contribution in [0, 0.1) is 17.1 Å². The number of nitriles is 1. The first-order chi connectivity index (χ1) is 23.4. The summed E-state index contributed by atoms with van der Waals surface area (Å²) in [6, 6.07) is 2.23. The van der Waals surface area contributed by atoms with E-state index in [9.17, 15) is 14.4 Å². The van der Waals surface area contributed by atoms with Gasteiger partial charge in [0, 0.05) is 48.9 Å². The molecule has 50 heavy (non-hydrogen) atoms. The number of nitrogen functional groups attached to an aromatic ring is 1. The molecule has 17 heteroatoms. The highest BCUT2D eigenvalue weighted by Crippen LogP contribution is 2.52. The van der Waals surface area contributed by atoms with E-state index in [1.807, 2.05) is 11.9 Å². The standard InChI is InChI=1S/C33H32F7N7O2S/c1-15-23(9-11-47(15)16(2)48)46(4)30-19-12-21(32(35,36)37)25(18-7-8-22(34)28-24(18)20(13-41)29(42)50-28)26(33(38,39)40)27(19)43-31(44-30)49-14-17-6-5-10-45(17)3/h7-8,12,15,17,23H,5-6,9-11,14,42H2,1-4H3/t15-,17-,23-/m0/s1. The lowest BCUT2D eigenvalue weighted by Crippen LogP contribution is -2.43. The van der Waals surface area contributed by atoms with Gasteiger partial charge < -0.3 is 25.2 Å². The number of anilines is 2. The van der Waals surface area contributed by atoms with E-state index in [4.69, 9.17) is 10.5 Å². The van der Waals surface area contributed by atoms with Crippen molar-refractivity contribution in [2.24, 2.45) is 0 Å². The molecule has 2 aromatic carbocycles. The van der Waals surface area contributed by atoms with Crippen LogP contribution in [0.25, 0.3) is 32.1 Å². The normalized spacial score (nSPS) is 20.2. The summed E-state index contributed by atoms with van der Waals surface area (Å²) in [4.78, 5) is 25.8. The molecule has 0 bridgehead atoms. The quantitative estimate of drug-likeness (QED) is 0.211. The maximum absolute atomic E-state index is 15.5. The fourth-order valence-corrected chi connectivity index (χ4v) is 8.20. The van der Waals surface area contributed by atoms with E-state index >= 15 is 26.3 Å². The number of benzene rings is 2. The lowest BCUT2D eigenvalue weighted by Gasteiger charge is -2.32. The summed E-state index contributed by atoms with van der Waals surface area (Å²) in [7, 11) is 3.36. The van der Waals surface area contributed by atoms with Crippen molar-refractivity contribution in [3.8, 4) is 23.2 Å². The number of alkyl halides is 6. The highest BCUT2D eigenvalue weighted by molar-refractivity contribution is 7.23. The average molecular weight is 724 g/mol. The third-order valence-electron chi connectivity index (χ3n) is 9.76. The van der Waals surface area contributed by atoms with Crippen molar-refractivity contribution in [3.05, 3.63) is 40.7 Å². The number of hydrogen-bond acceptors (Lipinski definition) is 9. The second-order valence-electron chi connectivity index (χ2n) is 12.7. The number of carbonyl (C=O) groups excluding carboxylic acids is 1. The van der Waals surface area contributed by atoms with E-state index < -0.39 is 80.4 Å². The topological polar surface area (TPSA) is 112 Å². The Hall–Kier alpha value is -4.43. The predicted octanol–water partition coefficient (Wildman–Crippen LogP) is 7.06. The van der Waals surface area contributed by atoms with Crippen molar-refractivity contribution in [2.45, 2.75) is 63.6 Å². The van der Waals surface area contributed by atoms with Crippen molar-refractivity contribution in [2.75, 3.05) is 44.4 Å². The largest absolute Gasteiger partial charge is 0.462 e. The number of likely N-dealkylation sites (N-methyl/N-ethyl adjacent to an activating group) is 2. The highest BCUT2D eigenvalue weighted by Gasteiger charge is 2.46. The molecule has 0 unspecified atom stereocenters. The second-order valence-corrected chi connectivity index (χ2v) is 13.7. The molecule has 0 spiro atoms. The van der Waals surface area contributed by atoms with Crippen molar-refractivity contribution < 1.29 is 40.3 Å². The number of thiophene rings is 1. The number of nitrogens with zero attached hydrogens (tertiary/aromatic N) is 6. The Labute approximate surface area is 286 Å². The van der Waals surface area contributed by atoms with Gasteiger partial charge >= 0.3 is 18.4 Å². The number of nitrogens with two attached hydrogens (primary N) is 1. The van der Waals surface area contributed by atoms with Crippen LogP contribution >= 0.6 is 11.3 Å². The van der Waals surface area contributed by atoms with Crippen LogP contribution in [0.1, 0.15) is 49.8 Å². The summed E-state index contributed by atoms with van der Waals surface area (Å²) in [5, 5.41) is 8.53. The number of fused-ring (bicyclic) bond motifs is 2. The number of amides is 1. The van der Waals surface area contributed by atoms with E-state index in [2.05, 4.69) is 9.97 Å². The van der Waals surface area contributed by atoms with Crippen LogP contribution in [-0.2, 0) is 17.1 Å². The van der Waals surface area contributed by atoms with Crippen molar-refractivity contribution >= 4 is 49.1 Å². The SMILES string of the molecule is CC(=O)N1CC[C@H](N(C)c2nc(OC[C@@H]3CCCN3C)nc3c(C(F)(F)F)c(-c4ccc(F)c5sc(N)c(C#N)c45)c(C(F)(F)F)cc23)[C@@H]1C. The molecule has 0 saturated carbocycles. The van der Waals surface area contributed by atoms with Gasteiger partial charge in [0.25, 0.3) is 0 Å². The van der Waals surface area contributed by atoms with E-state index in [1.165, 1.54) is 18.9 Å². The first-order valence-corrected chi connectivity index (χ1v) is 16.5. The number of rotatable bonds is 6. The molecule has 4 heterocycles. The van der Waals surface area contributed by atoms with Crippen molar-refractivity contribution in [1.29, 1.82) is 5.26 Å². The van der Waals surface area contributed by atoms with Gasteiger partial charge in [-0.2, -0.15) is 41.6 Å². The first kappa shape index (κ1) is 35.4. The zero-order valence-corrected chi connectivity index (χ0v) is 28.2. The Morgan fingerprint density at radius 3 is 2.46 bits per heavy atom. The van der Waals surface area contributed by atoms with E-state index in [0.29, 0.717) is 30.4 Å². The number of halogens is 7. The molecule has 2 aromatic heterocycles. The summed E-state index contributed by atoms with van der Waals surface area (Å²) in [6.07, 6.45) is -8.84. The Morgan fingerprint density at radius 1 is 1.16 bits per heavy atom. The van der Waals surface area contributed by atoms with Crippen molar-refractivity contribution in [3.63, 3.8) is 0 Å². The minimum Gasteiger partial charge on any atom is -0.462 e. The van der Waals surface area contributed by atoms with Crippen LogP contribution in [0.15, 0.2) is 18.2 Å². The zero-order valence-electron chi connectivity index (χ0n) is 27.3. The maximum Gasteiger partial charge on any atom is 0.419 e. The van der Waals surface area contributed by atoms with Gasteiger partial charge in [0.15, 0.2) is 0 Å². The van der Waals surface area contributed by atoms with Crippen LogP contribution < -0.4 is 15.4 Å². The summed E-state index contributed by atoms with van der Waals surface area (Å²) in [6.45, 7) is 4.23. The fourth-order valence-electron chi connectivity index (χ4n) is 7.26. The van der Waals surface area contributed by atoms with Gasteiger partial charge in [0.2, 0.25) is 5.91 Å². The predicted molar refractivity (Wildman–Crippen MR) is 174 cm³/mol. The monoisotopic (exact) mass is 723 g/mol. The lowest BCUT2D eigenvalue weighted by atomic mass is 9.88. The summed E-state index contributed by atoms with van der Waals surface area (Å²) < 4.78 is 112. The number of ether oxygens (including phenoxy) is 1. The molecular weight excluding hydrogens is 691 g/mol. The van der Waals surface area contributed by atoms with Crippen LogP contribution in [-0.4, -0.2) is 77.6 Å². The summed E-state index contributed by atoms with van der Waals surface area (Å²) >= 11 is 0.547. The van der Waals surface area contributed by atoms with Crippen LogP contribution in [0.3, 0.4) is 0 Å². The number of likely N-dealkylation sites (tertiary alicyclic amines) is 2. The molecule has 9 nitrogen and oxygen atoms in total. The second kappa shape index (κ2) is 12.7. The minimum absolute atomic E-state index is 0.0102. The Bertz CT molecular complexity index is 2040. The van der Waals surface area contributed by atoms with Gasteiger partial charge in [0.1, 0.15) is 29.3 Å². The molecule has 3 atom stereocenters. The summed E-state index contributed by atoms with van der Waals surface area (Å²) in [5.41, 5.74) is -0.882. The number of carbonyl (C=O) groups is 1. The first-order valence-electron chi connectivity index (χ1n) is 15.7.